The third kappa shape index (κ3) is 9.44. The maximum atomic E-state index is 12.9. The second-order valence-corrected chi connectivity index (χ2v) is 9.86. The smallest absolute Gasteiger partial charge is 0.397 e. The second-order valence-electron chi connectivity index (χ2n) is 9.86. The Morgan fingerprint density at radius 1 is 0.952 bits per heavy atom. The fourth-order valence-electron chi connectivity index (χ4n) is 4.47. The zero-order valence-corrected chi connectivity index (χ0v) is 23.0. The van der Waals surface area contributed by atoms with Crippen molar-refractivity contribution in [2.24, 2.45) is 0 Å². The Bertz CT molecular complexity index is 1360. The van der Waals surface area contributed by atoms with Crippen LogP contribution in [0.5, 0.6) is 0 Å². The lowest BCUT2D eigenvalue weighted by Crippen LogP contribution is -2.41. The summed E-state index contributed by atoms with van der Waals surface area (Å²) in [6.07, 6.45) is -1.28. The molecule has 1 aliphatic rings. The van der Waals surface area contributed by atoms with E-state index >= 15 is 0 Å². The van der Waals surface area contributed by atoms with Crippen molar-refractivity contribution >= 4 is 35.0 Å². The summed E-state index contributed by atoms with van der Waals surface area (Å²) in [5, 5.41) is 8.88. The number of carbonyl (C=O) groups excluding carboxylic acids is 2. The summed E-state index contributed by atoms with van der Waals surface area (Å²) < 4.78 is 44.0. The quantitative estimate of drug-likeness (QED) is 0.189. The van der Waals surface area contributed by atoms with Gasteiger partial charge in [-0.25, -0.2) is 0 Å². The van der Waals surface area contributed by atoms with Crippen LogP contribution in [-0.4, -0.2) is 56.1 Å². The predicted molar refractivity (Wildman–Crippen MR) is 158 cm³/mol. The number of carbonyl (C=O) groups is 2. The van der Waals surface area contributed by atoms with Gasteiger partial charge in [-0.2, -0.15) is 13.2 Å². The Morgan fingerprint density at radius 3 is 2.31 bits per heavy atom. The molecule has 0 saturated carbocycles. The van der Waals surface area contributed by atoms with Crippen LogP contribution in [0.15, 0.2) is 78.9 Å². The molecule has 8 nitrogen and oxygen atoms in total. The van der Waals surface area contributed by atoms with Crippen LogP contribution in [0.25, 0.3) is 6.08 Å². The van der Waals surface area contributed by atoms with Gasteiger partial charge in [-0.1, -0.05) is 36.4 Å². The second kappa shape index (κ2) is 14.6. The third-order valence-corrected chi connectivity index (χ3v) is 6.79. The van der Waals surface area contributed by atoms with Crippen molar-refractivity contribution in [3.63, 3.8) is 0 Å². The normalized spacial score (nSPS) is 14.9. The lowest BCUT2D eigenvalue weighted by molar-refractivity contribution is -0.137. The van der Waals surface area contributed by atoms with Gasteiger partial charge in [-0.05, 0) is 53.6 Å². The molecule has 1 unspecified atom stereocenters. The average molecular weight is 582 g/mol. The van der Waals surface area contributed by atoms with Gasteiger partial charge in [0, 0.05) is 50.4 Å². The number of alkyl halides is 3. The molecule has 3 aromatic carbocycles. The Kier molecular flexibility index (Phi) is 10.7. The molecule has 1 atom stereocenters. The lowest BCUT2D eigenvalue weighted by Gasteiger charge is -2.28. The number of hydrogen-bond acceptors (Lipinski definition) is 6. The van der Waals surface area contributed by atoms with Crippen LogP contribution < -0.4 is 21.7 Å². The molecule has 4 rings (SSSR count). The molecule has 0 bridgehead atoms. The highest BCUT2D eigenvalue weighted by atomic mass is 19.4. The van der Waals surface area contributed by atoms with Crippen molar-refractivity contribution in [3.8, 4) is 0 Å². The van der Waals surface area contributed by atoms with E-state index in [9.17, 15) is 22.8 Å². The van der Waals surface area contributed by atoms with Gasteiger partial charge in [0.15, 0.2) is 0 Å². The number of nitrogens with zero attached hydrogens (tertiary/aromatic N) is 1. The SMILES string of the molecule is Nc1ccccc1NC(=O)/C=C/c1ccc(C(CC(=O)Nc2ccc(C(F)(F)F)cc2)NCCN2CCOCC2)cc1. The van der Waals surface area contributed by atoms with E-state index in [4.69, 9.17) is 10.5 Å². The maximum absolute atomic E-state index is 12.9. The first-order valence-electron chi connectivity index (χ1n) is 13.6. The maximum Gasteiger partial charge on any atom is 0.416 e. The molecule has 1 saturated heterocycles. The summed E-state index contributed by atoms with van der Waals surface area (Å²) in [4.78, 5) is 27.5. The molecule has 5 N–H and O–H groups in total. The molecule has 3 aromatic rings. The largest absolute Gasteiger partial charge is 0.416 e. The van der Waals surface area contributed by atoms with Crippen molar-refractivity contribution in [2.75, 3.05) is 55.8 Å². The van der Waals surface area contributed by atoms with Crippen LogP contribution in [0.4, 0.5) is 30.2 Å². The Balaban J connectivity index is 1.39. The van der Waals surface area contributed by atoms with Crippen molar-refractivity contribution in [1.29, 1.82) is 0 Å². The van der Waals surface area contributed by atoms with Gasteiger partial charge in [0.2, 0.25) is 11.8 Å². The molecule has 11 heteroatoms. The van der Waals surface area contributed by atoms with Crippen LogP contribution in [0.1, 0.15) is 29.2 Å². The number of para-hydroxylation sites is 2. The van der Waals surface area contributed by atoms with E-state index in [1.807, 2.05) is 24.3 Å². The predicted octanol–water partition coefficient (Wildman–Crippen LogP) is 4.93. The summed E-state index contributed by atoms with van der Waals surface area (Å²) in [5.74, 6) is -0.654. The molecule has 1 fully saturated rings. The van der Waals surface area contributed by atoms with Crippen molar-refractivity contribution < 1.29 is 27.5 Å². The number of halogens is 3. The zero-order chi connectivity index (χ0) is 30.0. The average Bonchev–Trinajstić information content (AvgIpc) is 2.97. The fraction of sp³-hybridized carbons (Fsp3) is 0.290. The number of nitrogens with one attached hydrogen (secondary N) is 3. The monoisotopic (exact) mass is 581 g/mol. The van der Waals surface area contributed by atoms with E-state index < -0.39 is 11.7 Å². The van der Waals surface area contributed by atoms with Crippen LogP contribution in [0.2, 0.25) is 0 Å². The summed E-state index contributed by atoms with van der Waals surface area (Å²) in [6, 6.07) is 18.5. The van der Waals surface area contributed by atoms with E-state index in [1.54, 1.807) is 30.3 Å². The Hall–Kier alpha value is -4.19. The van der Waals surface area contributed by atoms with Crippen molar-refractivity contribution in [3.05, 3.63) is 95.6 Å². The highest BCUT2D eigenvalue weighted by Gasteiger charge is 2.30. The number of benzene rings is 3. The molecule has 0 spiro atoms. The summed E-state index contributed by atoms with van der Waals surface area (Å²) >= 11 is 0. The minimum Gasteiger partial charge on any atom is -0.397 e. The minimum absolute atomic E-state index is 0.0697. The molecule has 0 aliphatic carbocycles. The number of hydrogen-bond donors (Lipinski definition) is 4. The van der Waals surface area contributed by atoms with Crippen LogP contribution in [-0.2, 0) is 20.5 Å². The van der Waals surface area contributed by atoms with Crippen molar-refractivity contribution in [2.45, 2.75) is 18.6 Å². The molecule has 222 valence electrons. The Labute approximate surface area is 242 Å². The summed E-state index contributed by atoms with van der Waals surface area (Å²) in [7, 11) is 0. The first-order chi connectivity index (χ1) is 20.2. The summed E-state index contributed by atoms with van der Waals surface area (Å²) in [6.45, 7) is 4.46. The number of anilines is 3. The third-order valence-electron chi connectivity index (χ3n) is 6.79. The van der Waals surface area contributed by atoms with Gasteiger partial charge < -0.3 is 26.4 Å². The van der Waals surface area contributed by atoms with E-state index in [0.29, 0.717) is 31.1 Å². The molecule has 42 heavy (non-hydrogen) atoms. The highest BCUT2D eigenvalue weighted by Crippen LogP contribution is 2.30. The number of rotatable bonds is 11. The summed E-state index contributed by atoms with van der Waals surface area (Å²) in [5.41, 5.74) is 8.03. The molecular weight excluding hydrogens is 547 g/mol. The molecule has 0 aromatic heterocycles. The van der Waals surface area contributed by atoms with Gasteiger partial charge in [-0.3, -0.25) is 14.5 Å². The fourth-order valence-corrected chi connectivity index (χ4v) is 4.47. The topological polar surface area (TPSA) is 109 Å². The van der Waals surface area contributed by atoms with E-state index in [1.165, 1.54) is 18.2 Å². The molecular formula is C31H34F3N5O3. The van der Waals surface area contributed by atoms with Crippen LogP contribution in [0, 0.1) is 0 Å². The molecule has 1 aliphatic heterocycles. The number of nitrogens with two attached hydrogens (primary N) is 1. The molecule has 0 radical (unpaired) electrons. The standard InChI is InChI=1S/C31H34F3N5O3/c32-31(33,34)24-10-12-25(13-11-24)37-30(41)21-28(36-15-16-39-17-19-42-20-18-39)23-8-5-22(6-9-23)7-14-29(40)38-27-4-2-1-3-26(27)35/h1-14,28,36H,15-21,35H2,(H,37,41)(H,38,40)/b14-7+. The van der Waals surface area contributed by atoms with E-state index in [2.05, 4.69) is 20.9 Å². The van der Waals surface area contributed by atoms with Gasteiger partial charge in [-0.15, -0.1) is 0 Å². The minimum atomic E-state index is -4.45. The molecule has 2 amide bonds. The Morgan fingerprint density at radius 2 is 1.64 bits per heavy atom. The highest BCUT2D eigenvalue weighted by molar-refractivity contribution is 6.03. The zero-order valence-electron chi connectivity index (χ0n) is 23.0. The first kappa shape index (κ1) is 30.8. The van der Waals surface area contributed by atoms with E-state index in [0.717, 1.165) is 42.9 Å². The van der Waals surface area contributed by atoms with Gasteiger partial charge >= 0.3 is 6.18 Å². The first-order valence-corrected chi connectivity index (χ1v) is 13.6. The number of amides is 2. The van der Waals surface area contributed by atoms with Crippen molar-refractivity contribution in [1.82, 2.24) is 10.2 Å². The molecule has 1 heterocycles. The van der Waals surface area contributed by atoms with E-state index in [-0.39, 0.29) is 30.0 Å². The number of morpholine rings is 1. The number of nitrogen functional groups attached to an aromatic ring is 1. The van der Waals surface area contributed by atoms with Gasteiger partial charge in [0.05, 0.1) is 30.2 Å². The van der Waals surface area contributed by atoms with Gasteiger partial charge in [0.1, 0.15) is 0 Å². The number of ether oxygens (including phenoxy) is 1. The van der Waals surface area contributed by atoms with Crippen LogP contribution in [0.3, 0.4) is 0 Å². The van der Waals surface area contributed by atoms with Crippen LogP contribution >= 0.6 is 0 Å². The van der Waals surface area contributed by atoms with Gasteiger partial charge in [0.25, 0.3) is 0 Å². The lowest BCUT2D eigenvalue weighted by atomic mass is 10.0.